The summed E-state index contributed by atoms with van der Waals surface area (Å²) < 4.78 is 16.0. The molecule has 0 saturated heterocycles. The van der Waals surface area contributed by atoms with E-state index in [0.29, 0.717) is 23.0 Å². The van der Waals surface area contributed by atoms with Crippen molar-refractivity contribution >= 4 is 11.6 Å². The second-order valence-electron chi connectivity index (χ2n) is 5.79. The van der Waals surface area contributed by atoms with Gasteiger partial charge in [-0.25, -0.2) is 0 Å². The molecule has 0 saturated carbocycles. The van der Waals surface area contributed by atoms with Crippen molar-refractivity contribution in [1.82, 2.24) is 5.16 Å². The molecular formula is C19H16N2O4. The van der Waals surface area contributed by atoms with Crippen molar-refractivity contribution in [2.24, 2.45) is 0 Å². The van der Waals surface area contributed by atoms with E-state index in [1.807, 2.05) is 49.4 Å². The van der Waals surface area contributed by atoms with Crippen molar-refractivity contribution in [1.29, 1.82) is 0 Å². The number of fused-ring (bicyclic) bond motifs is 1. The Morgan fingerprint density at radius 3 is 2.84 bits per heavy atom. The average molecular weight is 336 g/mol. The summed E-state index contributed by atoms with van der Waals surface area (Å²) in [4.78, 5) is 12.2. The van der Waals surface area contributed by atoms with Crippen LogP contribution in [0.3, 0.4) is 0 Å². The summed E-state index contributed by atoms with van der Waals surface area (Å²) >= 11 is 0. The maximum atomic E-state index is 12.2. The highest BCUT2D eigenvalue weighted by Gasteiger charge is 2.16. The van der Waals surface area contributed by atoms with Crippen molar-refractivity contribution in [2.75, 3.05) is 12.1 Å². The third kappa shape index (κ3) is 3.19. The quantitative estimate of drug-likeness (QED) is 0.788. The van der Waals surface area contributed by atoms with E-state index >= 15 is 0 Å². The number of rotatable bonds is 4. The van der Waals surface area contributed by atoms with Crippen molar-refractivity contribution in [3.8, 4) is 22.8 Å². The molecule has 0 unspecified atom stereocenters. The maximum absolute atomic E-state index is 12.2. The first-order valence-corrected chi connectivity index (χ1v) is 7.90. The van der Waals surface area contributed by atoms with Crippen molar-refractivity contribution in [3.05, 3.63) is 59.8 Å². The molecule has 0 atom stereocenters. The summed E-state index contributed by atoms with van der Waals surface area (Å²) in [5.41, 5.74) is 3.20. The van der Waals surface area contributed by atoms with Gasteiger partial charge in [-0.2, -0.15) is 0 Å². The second-order valence-corrected chi connectivity index (χ2v) is 5.79. The second kappa shape index (κ2) is 6.32. The van der Waals surface area contributed by atoms with Crippen LogP contribution in [-0.4, -0.2) is 17.9 Å². The SMILES string of the molecule is Cc1ccccc1NC(=O)Cc1cc(-c2ccc3c(c2)OCO3)on1. The van der Waals surface area contributed by atoms with E-state index in [1.165, 1.54) is 0 Å². The predicted molar refractivity (Wildman–Crippen MR) is 91.6 cm³/mol. The number of aryl methyl sites for hydroxylation is 1. The monoisotopic (exact) mass is 336 g/mol. The fourth-order valence-corrected chi connectivity index (χ4v) is 2.65. The molecule has 0 bridgehead atoms. The van der Waals surface area contributed by atoms with Crippen LogP contribution in [0.2, 0.25) is 0 Å². The molecular weight excluding hydrogens is 320 g/mol. The standard InChI is InChI=1S/C19H16N2O4/c1-12-4-2-3-5-15(12)20-19(22)10-14-9-17(25-21-14)13-6-7-16-18(8-13)24-11-23-16/h2-9H,10-11H2,1H3,(H,20,22). The Balaban J connectivity index is 1.46. The first-order chi connectivity index (χ1) is 12.2. The van der Waals surface area contributed by atoms with Gasteiger partial charge in [0.05, 0.1) is 12.1 Å². The lowest BCUT2D eigenvalue weighted by Gasteiger charge is -2.06. The normalized spacial score (nSPS) is 12.2. The van der Waals surface area contributed by atoms with E-state index < -0.39 is 0 Å². The van der Waals surface area contributed by atoms with Gasteiger partial charge < -0.3 is 19.3 Å². The first-order valence-electron chi connectivity index (χ1n) is 7.90. The first kappa shape index (κ1) is 15.3. The molecule has 2 aromatic carbocycles. The van der Waals surface area contributed by atoms with Gasteiger partial charge in [0.2, 0.25) is 12.7 Å². The Kier molecular flexibility index (Phi) is 3.85. The lowest BCUT2D eigenvalue weighted by atomic mass is 10.1. The minimum atomic E-state index is -0.139. The van der Waals surface area contributed by atoms with Gasteiger partial charge in [-0.3, -0.25) is 4.79 Å². The van der Waals surface area contributed by atoms with E-state index in [4.69, 9.17) is 14.0 Å². The number of ether oxygens (including phenoxy) is 2. The number of aromatic nitrogens is 1. The van der Waals surface area contributed by atoms with Crippen LogP contribution < -0.4 is 14.8 Å². The zero-order valence-corrected chi connectivity index (χ0v) is 13.6. The molecule has 0 fully saturated rings. The highest BCUT2D eigenvalue weighted by molar-refractivity contribution is 5.92. The van der Waals surface area contributed by atoms with Crippen LogP contribution in [0.4, 0.5) is 5.69 Å². The third-order valence-electron chi connectivity index (χ3n) is 3.98. The average Bonchev–Trinajstić information content (AvgIpc) is 3.25. The number of hydrogen-bond acceptors (Lipinski definition) is 5. The summed E-state index contributed by atoms with van der Waals surface area (Å²) in [5, 5.41) is 6.87. The summed E-state index contributed by atoms with van der Waals surface area (Å²) in [5.74, 6) is 1.82. The fourth-order valence-electron chi connectivity index (χ4n) is 2.65. The Bertz CT molecular complexity index is 933. The zero-order valence-electron chi connectivity index (χ0n) is 13.6. The summed E-state index contributed by atoms with van der Waals surface area (Å²) in [6.45, 7) is 2.17. The van der Waals surface area contributed by atoms with Crippen LogP contribution in [0, 0.1) is 6.92 Å². The molecule has 1 aliphatic heterocycles. The molecule has 6 heteroatoms. The predicted octanol–water partition coefficient (Wildman–Crippen LogP) is 3.56. The van der Waals surface area contributed by atoms with Gasteiger partial charge in [-0.05, 0) is 36.8 Å². The number of hydrogen-bond donors (Lipinski definition) is 1. The summed E-state index contributed by atoms with van der Waals surface area (Å²) in [7, 11) is 0. The topological polar surface area (TPSA) is 73.6 Å². The molecule has 0 radical (unpaired) electrons. The number of nitrogens with zero attached hydrogens (tertiary/aromatic N) is 1. The number of carbonyl (C=O) groups excluding carboxylic acids is 1. The van der Waals surface area contributed by atoms with Gasteiger partial charge >= 0.3 is 0 Å². The molecule has 1 amide bonds. The molecule has 6 nitrogen and oxygen atoms in total. The van der Waals surface area contributed by atoms with Crippen LogP contribution >= 0.6 is 0 Å². The van der Waals surface area contributed by atoms with Gasteiger partial charge in [0, 0.05) is 17.3 Å². The third-order valence-corrected chi connectivity index (χ3v) is 3.98. The summed E-state index contributed by atoms with van der Waals surface area (Å²) in [6.07, 6.45) is 0.141. The lowest BCUT2D eigenvalue weighted by Crippen LogP contribution is -2.15. The van der Waals surface area contributed by atoms with Gasteiger partial charge in [0.25, 0.3) is 0 Å². The number of benzene rings is 2. The minimum Gasteiger partial charge on any atom is -0.454 e. The highest BCUT2D eigenvalue weighted by Crippen LogP contribution is 2.36. The molecule has 0 aliphatic carbocycles. The van der Waals surface area contributed by atoms with Gasteiger partial charge in [-0.15, -0.1) is 0 Å². The number of amides is 1. The number of anilines is 1. The highest BCUT2D eigenvalue weighted by atomic mass is 16.7. The molecule has 4 rings (SSSR count). The molecule has 126 valence electrons. The fraction of sp³-hybridized carbons (Fsp3) is 0.158. The van der Waals surface area contributed by atoms with Crippen LogP contribution in [0.15, 0.2) is 53.1 Å². The van der Waals surface area contributed by atoms with Crippen LogP contribution in [0.1, 0.15) is 11.3 Å². The molecule has 25 heavy (non-hydrogen) atoms. The Morgan fingerprint density at radius 2 is 1.96 bits per heavy atom. The Hall–Kier alpha value is -3.28. The molecule has 0 spiro atoms. The van der Waals surface area contributed by atoms with E-state index in [2.05, 4.69) is 10.5 Å². The van der Waals surface area contributed by atoms with E-state index in [9.17, 15) is 4.79 Å². The van der Waals surface area contributed by atoms with Crippen LogP contribution in [-0.2, 0) is 11.2 Å². The number of nitrogens with one attached hydrogen (secondary N) is 1. The molecule has 3 aromatic rings. The molecule has 1 N–H and O–H groups in total. The van der Waals surface area contributed by atoms with Gasteiger partial charge in [0.1, 0.15) is 0 Å². The van der Waals surface area contributed by atoms with Gasteiger partial charge in [0.15, 0.2) is 17.3 Å². The largest absolute Gasteiger partial charge is 0.454 e. The van der Waals surface area contributed by atoms with Crippen LogP contribution in [0.25, 0.3) is 11.3 Å². The Morgan fingerprint density at radius 1 is 1.12 bits per heavy atom. The molecule has 1 aliphatic rings. The van der Waals surface area contributed by atoms with E-state index in [-0.39, 0.29) is 19.1 Å². The number of carbonyl (C=O) groups is 1. The minimum absolute atomic E-state index is 0.139. The van der Waals surface area contributed by atoms with Crippen molar-refractivity contribution in [2.45, 2.75) is 13.3 Å². The van der Waals surface area contributed by atoms with E-state index in [1.54, 1.807) is 6.07 Å². The molecule has 1 aromatic heterocycles. The number of para-hydroxylation sites is 1. The van der Waals surface area contributed by atoms with Crippen molar-refractivity contribution in [3.63, 3.8) is 0 Å². The van der Waals surface area contributed by atoms with Gasteiger partial charge in [-0.1, -0.05) is 23.4 Å². The Labute approximate surface area is 144 Å². The zero-order chi connectivity index (χ0) is 17.2. The molecule has 2 heterocycles. The van der Waals surface area contributed by atoms with Crippen molar-refractivity contribution < 1.29 is 18.8 Å². The smallest absolute Gasteiger partial charge is 0.231 e. The van der Waals surface area contributed by atoms with E-state index in [0.717, 1.165) is 16.8 Å². The summed E-state index contributed by atoms with van der Waals surface area (Å²) in [6, 6.07) is 14.9. The van der Waals surface area contributed by atoms with Crippen LogP contribution in [0.5, 0.6) is 11.5 Å². The lowest BCUT2D eigenvalue weighted by molar-refractivity contribution is -0.115. The maximum Gasteiger partial charge on any atom is 0.231 e.